The van der Waals surface area contributed by atoms with Crippen molar-refractivity contribution in [2.45, 2.75) is 33.4 Å². The quantitative estimate of drug-likeness (QED) is 0.173. The molecule has 0 saturated heterocycles. The van der Waals surface area contributed by atoms with Gasteiger partial charge in [-0.2, -0.15) is 0 Å². The van der Waals surface area contributed by atoms with Gasteiger partial charge in [-0.25, -0.2) is 14.2 Å². The number of hydrogen-bond donors (Lipinski definition) is 0. The Morgan fingerprint density at radius 2 is 1.80 bits per heavy atom. The molecule has 45 heavy (non-hydrogen) atoms. The maximum absolute atomic E-state index is 14.1. The van der Waals surface area contributed by atoms with Crippen LogP contribution in [0.25, 0.3) is 6.08 Å². The number of fused-ring (bicyclic) bond motifs is 1. The SMILES string of the molecule is CCOC(=O)C1=C(C)N=c2s/c(=C/c3ccc(OCc4ccccc4F)c(Br)c3)c(=O)n2[C@@H]1c1cc(OC)c(OCC)cc1Br. The van der Waals surface area contributed by atoms with Crippen LogP contribution in [0.3, 0.4) is 0 Å². The summed E-state index contributed by atoms with van der Waals surface area (Å²) in [7, 11) is 1.53. The van der Waals surface area contributed by atoms with Crippen molar-refractivity contribution < 1.29 is 28.1 Å². The van der Waals surface area contributed by atoms with Gasteiger partial charge >= 0.3 is 5.97 Å². The molecule has 4 aromatic rings. The number of esters is 1. The van der Waals surface area contributed by atoms with E-state index in [0.29, 0.717) is 59.0 Å². The van der Waals surface area contributed by atoms with Gasteiger partial charge in [-0.1, -0.05) is 51.5 Å². The van der Waals surface area contributed by atoms with E-state index in [0.717, 1.165) is 5.56 Å². The minimum atomic E-state index is -0.845. The largest absolute Gasteiger partial charge is 0.493 e. The normalized spacial score (nSPS) is 14.6. The zero-order chi connectivity index (χ0) is 32.2. The Bertz CT molecular complexity index is 1990. The fourth-order valence-corrected chi connectivity index (χ4v) is 7.02. The number of hydrogen-bond acceptors (Lipinski definition) is 8. The summed E-state index contributed by atoms with van der Waals surface area (Å²) in [5.74, 6) is 0.607. The van der Waals surface area contributed by atoms with Crippen molar-refractivity contribution in [3.8, 4) is 17.2 Å². The van der Waals surface area contributed by atoms with Gasteiger partial charge in [0.25, 0.3) is 5.56 Å². The highest BCUT2D eigenvalue weighted by Crippen LogP contribution is 2.41. The van der Waals surface area contributed by atoms with E-state index in [1.807, 2.05) is 13.0 Å². The van der Waals surface area contributed by atoms with E-state index in [-0.39, 0.29) is 30.2 Å². The summed E-state index contributed by atoms with van der Waals surface area (Å²) < 4.78 is 39.8. The first-order valence-electron chi connectivity index (χ1n) is 14.0. The number of carbonyl (C=O) groups is 1. The van der Waals surface area contributed by atoms with E-state index in [2.05, 4.69) is 36.9 Å². The van der Waals surface area contributed by atoms with Crippen molar-refractivity contribution in [3.63, 3.8) is 0 Å². The third kappa shape index (κ3) is 6.78. The van der Waals surface area contributed by atoms with Crippen molar-refractivity contribution >= 4 is 55.2 Å². The van der Waals surface area contributed by atoms with Crippen LogP contribution in [0.15, 0.2) is 84.6 Å². The molecule has 0 unspecified atom stereocenters. The molecule has 0 saturated carbocycles. The van der Waals surface area contributed by atoms with E-state index in [9.17, 15) is 14.0 Å². The second kappa shape index (κ2) is 14.1. The van der Waals surface area contributed by atoms with Crippen LogP contribution >= 0.6 is 43.2 Å². The average Bonchev–Trinajstić information content (AvgIpc) is 3.31. The molecule has 0 fully saturated rings. The number of thiazole rings is 1. The zero-order valence-corrected chi connectivity index (χ0v) is 28.8. The number of rotatable bonds is 10. The Morgan fingerprint density at radius 3 is 2.49 bits per heavy atom. The zero-order valence-electron chi connectivity index (χ0n) is 24.9. The Labute approximate surface area is 279 Å². The van der Waals surface area contributed by atoms with E-state index < -0.39 is 12.0 Å². The number of aromatic nitrogens is 1. The van der Waals surface area contributed by atoms with Crippen LogP contribution in [-0.2, 0) is 16.1 Å². The van der Waals surface area contributed by atoms with Gasteiger partial charge in [0.2, 0.25) is 0 Å². The van der Waals surface area contributed by atoms with Gasteiger partial charge in [0.15, 0.2) is 16.3 Å². The van der Waals surface area contributed by atoms with Crippen molar-refractivity contribution in [2.75, 3.05) is 20.3 Å². The molecule has 3 aromatic carbocycles. The topological polar surface area (TPSA) is 88.4 Å². The molecule has 0 bridgehead atoms. The first-order valence-corrected chi connectivity index (χ1v) is 16.4. The lowest BCUT2D eigenvalue weighted by Crippen LogP contribution is -2.40. The van der Waals surface area contributed by atoms with Gasteiger partial charge in [-0.3, -0.25) is 9.36 Å². The van der Waals surface area contributed by atoms with E-state index in [4.69, 9.17) is 18.9 Å². The number of allylic oxidation sites excluding steroid dienone is 1. The van der Waals surface area contributed by atoms with Crippen LogP contribution in [0, 0.1) is 5.82 Å². The summed E-state index contributed by atoms with van der Waals surface area (Å²) in [4.78, 5) is 32.5. The molecule has 5 rings (SSSR count). The van der Waals surface area contributed by atoms with Crippen LogP contribution in [0.5, 0.6) is 17.2 Å². The average molecular weight is 760 g/mol. The molecule has 1 aromatic heterocycles. The van der Waals surface area contributed by atoms with Crippen LogP contribution in [0.4, 0.5) is 4.39 Å². The molecule has 8 nitrogen and oxygen atoms in total. The molecule has 0 amide bonds. The van der Waals surface area contributed by atoms with E-state index in [1.165, 1.54) is 29.1 Å². The monoisotopic (exact) mass is 758 g/mol. The molecule has 234 valence electrons. The Kier molecular flexibility index (Phi) is 10.3. The standard InChI is InChI=1S/C33H29Br2FN2O6S/c1-5-42-27-16-22(34)21(15-26(27)41-4)30-29(32(40)43-6-2)18(3)37-33-38(30)31(39)28(45-33)14-19-11-12-25(23(35)13-19)44-17-20-9-7-8-10-24(20)36/h7-16,30H,5-6,17H2,1-4H3/b28-14+/t30-/m1/s1. The fraction of sp³-hybridized carbons (Fsp3) is 0.242. The Balaban J connectivity index is 1.58. The lowest BCUT2D eigenvalue weighted by atomic mass is 9.95. The number of methoxy groups -OCH3 is 1. The minimum absolute atomic E-state index is 0.0667. The van der Waals surface area contributed by atoms with Gasteiger partial charge in [0.05, 0.1) is 46.6 Å². The summed E-state index contributed by atoms with van der Waals surface area (Å²) in [6.45, 7) is 5.98. The van der Waals surface area contributed by atoms with Crippen LogP contribution < -0.4 is 29.1 Å². The lowest BCUT2D eigenvalue weighted by molar-refractivity contribution is -0.139. The number of ether oxygens (including phenoxy) is 4. The molecule has 0 radical (unpaired) electrons. The molecule has 2 heterocycles. The van der Waals surface area contributed by atoms with Gasteiger partial charge in [0.1, 0.15) is 18.2 Å². The summed E-state index contributed by atoms with van der Waals surface area (Å²) >= 11 is 8.38. The van der Waals surface area contributed by atoms with E-state index >= 15 is 0 Å². The predicted octanol–water partition coefficient (Wildman–Crippen LogP) is 6.45. The highest BCUT2D eigenvalue weighted by molar-refractivity contribution is 9.10. The summed E-state index contributed by atoms with van der Waals surface area (Å²) in [6.07, 6.45) is 1.75. The van der Waals surface area contributed by atoms with Gasteiger partial charge < -0.3 is 18.9 Å². The molecular weight excluding hydrogens is 731 g/mol. The van der Waals surface area contributed by atoms with Crippen molar-refractivity contribution in [3.05, 3.63) is 117 Å². The van der Waals surface area contributed by atoms with Crippen molar-refractivity contribution in [1.29, 1.82) is 0 Å². The first kappa shape index (κ1) is 32.6. The van der Waals surface area contributed by atoms with E-state index in [1.54, 1.807) is 62.4 Å². The second-order valence-corrected chi connectivity index (χ2v) is 12.5. The predicted molar refractivity (Wildman–Crippen MR) is 177 cm³/mol. The van der Waals surface area contributed by atoms with Gasteiger partial charge in [-0.15, -0.1) is 0 Å². The number of benzene rings is 3. The molecule has 1 aliphatic heterocycles. The maximum atomic E-state index is 14.1. The van der Waals surface area contributed by atoms with Crippen LogP contribution in [-0.4, -0.2) is 30.9 Å². The summed E-state index contributed by atoms with van der Waals surface area (Å²) in [5.41, 5.74) is 2.16. The van der Waals surface area contributed by atoms with Crippen molar-refractivity contribution in [1.82, 2.24) is 4.57 Å². The number of halogens is 3. The smallest absolute Gasteiger partial charge is 0.338 e. The van der Waals surface area contributed by atoms with Gasteiger partial charge in [0, 0.05) is 10.0 Å². The highest BCUT2D eigenvalue weighted by Gasteiger charge is 2.35. The number of nitrogens with zero attached hydrogens (tertiary/aromatic N) is 2. The second-order valence-electron chi connectivity index (χ2n) is 9.83. The molecular formula is C33H29Br2FN2O6S. The summed E-state index contributed by atoms with van der Waals surface area (Å²) in [6, 6.07) is 14.5. The first-order chi connectivity index (χ1) is 21.7. The molecule has 12 heteroatoms. The fourth-order valence-electron chi connectivity index (χ4n) is 4.92. The van der Waals surface area contributed by atoms with Crippen LogP contribution in [0.2, 0.25) is 0 Å². The Hall–Kier alpha value is -3.74. The lowest BCUT2D eigenvalue weighted by Gasteiger charge is -2.26. The molecule has 1 atom stereocenters. The van der Waals surface area contributed by atoms with Crippen LogP contribution in [0.1, 0.15) is 43.5 Å². The molecule has 1 aliphatic rings. The Morgan fingerprint density at radius 1 is 1.02 bits per heavy atom. The van der Waals surface area contributed by atoms with Crippen molar-refractivity contribution in [2.24, 2.45) is 4.99 Å². The molecule has 0 spiro atoms. The summed E-state index contributed by atoms with van der Waals surface area (Å²) in [5, 5.41) is 0. The molecule has 0 aliphatic carbocycles. The highest BCUT2D eigenvalue weighted by atomic mass is 79.9. The third-order valence-corrected chi connectivity index (χ3v) is 9.28. The van der Waals surface area contributed by atoms with Gasteiger partial charge in [-0.05, 0) is 84.2 Å². The number of carbonyl (C=O) groups excluding carboxylic acids is 1. The third-order valence-electron chi connectivity index (χ3n) is 6.99. The minimum Gasteiger partial charge on any atom is -0.493 e. The maximum Gasteiger partial charge on any atom is 0.338 e. The molecule has 0 N–H and O–H groups in total.